The second-order valence-corrected chi connectivity index (χ2v) is 16.6. The first kappa shape index (κ1) is 39.8. The Bertz CT molecular complexity index is 2040. The summed E-state index contributed by atoms with van der Waals surface area (Å²) in [5.74, 6) is 1.27. The lowest BCUT2D eigenvalue weighted by Gasteiger charge is -2.43. The predicted octanol–water partition coefficient (Wildman–Crippen LogP) is 7.42. The van der Waals surface area contributed by atoms with Gasteiger partial charge < -0.3 is 33.7 Å². The maximum absolute atomic E-state index is 18.1. The lowest BCUT2D eigenvalue weighted by molar-refractivity contribution is -0.166. The van der Waals surface area contributed by atoms with Crippen LogP contribution in [0.4, 0.5) is 10.3 Å². The van der Waals surface area contributed by atoms with Crippen molar-refractivity contribution in [2.75, 3.05) is 26.6 Å². The highest BCUT2D eigenvalue weighted by molar-refractivity contribution is 7.44. The number of hydrogen-bond acceptors (Lipinski definition) is 11. The van der Waals surface area contributed by atoms with Crippen molar-refractivity contribution in [1.29, 1.82) is 5.26 Å². The Kier molecular flexibility index (Phi) is 11.0. The maximum Gasteiger partial charge on any atom is 0.274 e. The number of methoxy groups -OCH3 is 2. The topological polar surface area (TPSA) is 143 Å². The zero-order chi connectivity index (χ0) is 39.9. The minimum atomic E-state index is -1.87. The van der Waals surface area contributed by atoms with Crippen molar-refractivity contribution in [1.82, 2.24) is 14.2 Å². The summed E-state index contributed by atoms with van der Waals surface area (Å²) < 4.78 is 61.0. The molecule has 0 amide bonds. The first-order valence-corrected chi connectivity index (χ1v) is 20.0. The van der Waals surface area contributed by atoms with E-state index in [1.54, 1.807) is 18.8 Å². The van der Waals surface area contributed by atoms with Gasteiger partial charge in [0.05, 0.1) is 33.3 Å². The van der Waals surface area contributed by atoms with Crippen LogP contribution in [-0.4, -0.2) is 70.1 Å². The van der Waals surface area contributed by atoms with Crippen LogP contribution in [0.2, 0.25) is 0 Å². The molecule has 3 fully saturated rings. The summed E-state index contributed by atoms with van der Waals surface area (Å²) in [7, 11) is 1.37. The largest absolute Gasteiger partial charge is 0.497 e. The molecule has 3 aliphatic rings. The molecule has 2 saturated carbocycles. The van der Waals surface area contributed by atoms with E-state index in [-0.39, 0.29) is 50.3 Å². The molecule has 12 nitrogen and oxygen atoms in total. The maximum atomic E-state index is 18.1. The van der Waals surface area contributed by atoms with Crippen molar-refractivity contribution in [3.05, 3.63) is 118 Å². The molecule has 1 aromatic heterocycles. The molecule has 296 valence electrons. The molecule has 0 bridgehead atoms. The van der Waals surface area contributed by atoms with Crippen LogP contribution in [0, 0.1) is 11.3 Å². The molecule has 6 atom stereocenters. The first-order valence-electron chi connectivity index (χ1n) is 18.9. The van der Waals surface area contributed by atoms with Gasteiger partial charge in [0.15, 0.2) is 0 Å². The number of benzene rings is 3. The van der Waals surface area contributed by atoms with Crippen LogP contribution in [0.1, 0.15) is 76.3 Å². The quantitative estimate of drug-likeness (QED) is 0.0689. The number of nitrogens with two attached hydrogens (primary N) is 1. The minimum absolute atomic E-state index is 0.00802. The van der Waals surface area contributed by atoms with Gasteiger partial charge in [-0.3, -0.25) is 9.36 Å². The number of fused-ring (bicyclic) bond motifs is 3. The zero-order valence-electron chi connectivity index (χ0n) is 32.6. The lowest BCUT2D eigenvalue weighted by atomic mass is 9.79. The van der Waals surface area contributed by atoms with Crippen molar-refractivity contribution in [2.45, 2.75) is 100 Å². The molecule has 3 aromatic carbocycles. The molecule has 2 aliphatic carbocycles. The van der Waals surface area contributed by atoms with Crippen LogP contribution in [0.5, 0.6) is 11.5 Å². The molecule has 2 N–H and O–H groups in total. The Morgan fingerprint density at radius 3 is 2.09 bits per heavy atom. The molecular weight excluding hydrogens is 736 g/mol. The second-order valence-electron chi connectivity index (χ2n) is 15.2. The normalized spacial score (nSPS) is 25.9. The van der Waals surface area contributed by atoms with Gasteiger partial charge in [-0.25, -0.2) is 9.06 Å². The molecule has 1 aliphatic heterocycles. The number of anilines is 1. The summed E-state index contributed by atoms with van der Waals surface area (Å²) in [4.78, 5) is 16.2. The van der Waals surface area contributed by atoms with Crippen LogP contribution in [0.3, 0.4) is 0 Å². The number of nitrogen functional groups attached to an aromatic ring is 1. The lowest BCUT2D eigenvalue weighted by Crippen LogP contribution is -2.50. The van der Waals surface area contributed by atoms with E-state index in [9.17, 15) is 10.1 Å². The van der Waals surface area contributed by atoms with Crippen molar-refractivity contribution >= 4 is 14.5 Å². The van der Waals surface area contributed by atoms with Gasteiger partial charge in [-0.1, -0.05) is 54.6 Å². The number of hydrogen-bond donors (Lipinski definition) is 1. The summed E-state index contributed by atoms with van der Waals surface area (Å²) in [6.07, 6.45) is 0.0733. The van der Waals surface area contributed by atoms with Gasteiger partial charge in [0, 0.05) is 43.6 Å². The van der Waals surface area contributed by atoms with E-state index in [0.717, 1.165) is 16.7 Å². The van der Waals surface area contributed by atoms with Crippen LogP contribution in [0.15, 0.2) is 95.9 Å². The molecule has 1 unspecified atom stereocenters. The second kappa shape index (κ2) is 15.5. The highest BCUT2D eigenvalue weighted by Gasteiger charge is 2.88. The van der Waals surface area contributed by atoms with Gasteiger partial charge in [0.1, 0.15) is 46.3 Å². The van der Waals surface area contributed by atoms with Crippen LogP contribution in [-0.2, 0) is 24.1 Å². The zero-order valence-corrected chi connectivity index (χ0v) is 33.4. The fraction of sp³-hybridized carbons (Fsp3) is 0.452. The summed E-state index contributed by atoms with van der Waals surface area (Å²) in [6, 6.07) is 28.4. The highest BCUT2D eigenvalue weighted by Crippen LogP contribution is 2.76. The predicted molar refractivity (Wildman–Crippen MR) is 210 cm³/mol. The SMILES string of the molecule is COc1ccc(C(O[C@]23C[C@@]2(F)C[C@]2(OP(OCCC#N)N(C(C)C)C(C)C)C[C@H](n4ccc(=O)nc4N)O[C@@H]23)(c2ccccc2)c2ccc(OC)cc2)cc1. The Morgan fingerprint density at radius 1 is 0.964 bits per heavy atom. The van der Waals surface area contributed by atoms with E-state index in [1.165, 1.54) is 12.3 Å². The number of nitriles is 1. The average molecular weight is 786 g/mol. The first-order chi connectivity index (χ1) is 26.8. The van der Waals surface area contributed by atoms with Crippen molar-refractivity contribution < 1.29 is 32.4 Å². The summed E-state index contributed by atoms with van der Waals surface area (Å²) in [6.45, 7) is 8.33. The van der Waals surface area contributed by atoms with Gasteiger partial charge >= 0.3 is 0 Å². The molecule has 7 rings (SSSR count). The van der Waals surface area contributed by atoms with E-state index in [2.05, 4.69) is 15.7 Å². The van der Waals surface area contributed by atoms with Gasteiger partial charge in [-0.15, -0.1) is 0 Å². The average Bonchev–Trinajstić information content (AvgIpc) is 3.47. The molecular formula is C42H49FN5O7P. The third kappa shape index (κ3) is 6.87. The van der Waals surface area contributed by atoms with E-state index >= 15 is 4.39 Å². The molecule has 1 saturated heterocycles. The smallest absolute Gasteiger partial charge is 0.274 e. The summed E-state index contributed by atoms with van der Waals surface area (Å²) in [5, 5.41) is 9.41. The number of alkyl halides is 1. The summed E-state index contributed by atoms with van der Waals surface area (Å²) in [5.41, 5.74) is 2.05. The molecule has 0 spiro atoms. The van der Waals surface area contributed by atoms with Gasteiger partial charge in [0.2, 0.25) is 5.95 Å². The number of nitrogens with zero attached hydrogens (tertiary/aromatic N) is 4. The minimum Gasteiger partial charge on any atom is -0.497 e. The Labute approximate surface area is 328 Å². The van der Waals surface area contributed by atoms with Crippen LogP contribution < -0.4 is 20.8 Å². The molecule has 56 heavy (non-hydrogen) atoms. The van der Waals surface area contributed by atoms with Crippen molar-refractivity contribution in [2.24, 2.45) is 0 Å². The molecule has 14 heteroatoms. The van der Waals surface area contributed by atoms with Crippen LogP contribution >= 0.6 is 8.53 Å². The fourth-order valence-electron chi connectivity index (χ4n) is 8.66. The van der Waals surface area contributed by atoms with Crippen molar-refractivity contribution in [3.8, 4) is 17.6 Å². The van der Waals surface area contributed by atoms with E-state index in [4.69, 9.17) is 33.7 Å². The number of ether oxygens (including phenoxy) is 4. The fourth-order valence-corrected chi connectivity index (χ4v) is 10.5. The molecule has 2 heterocycles. The monoisotopic (exact) mass is 785 g/mol. The van der Waals surface area contributed by atoms with Gasteiger partial charge in [-0.2, -0.15) is 10.2 Å². The number of rotatable bonds is 16. The third-order valence-electron chi connectivity index (χ3n) is 11.1. The number of aromatic nitrogens is 2. The number of halogens is 1. The van der Waals surface area contributed by atoms with Gasteiger partial charge in [0.25, 0.3) is 14.1 Å². The Hall–Kier alpha value is -4.41. The van der Waals surface area contributed by atoms with Crippen molar-refractivity contribution in [3.63, 3.8) is 0 Å². The van der Waals surface area contributed by atoms with E-state index < -0.39 is 48.9 Å². The summed E-state index contributed by atoms with van der Waals surface area (Å²) >= 11 is 0. The van der Waals surface area contributed by atoms with Crippen LogP contribution in [0.25, 0.3) is 0 Å². The van der Waals surface area contributed by atoms with E-state index in [1.807, 2.05) is 107 Å². The Morgan fingerprint density at radius 2 is 1.55 bits per heavy atom. The van der Waals surface area contributed by atoms with E-state index in [0.29, 0.717) is 11.5 Å². The van der Waals surface area contributed by atoms with Gasteiger partial charge in [-0.05, 0) is 68.7 Å². The standard InChI is InChI=1S/C42H49FN5O7P/c1-28(2)48(29(3)4)56(52-24-10-22-44)55-39-25-36(47-23-21-35(49)46-38(47)45)53-37(39)41(27-40(41,43)26-39)54-42(30-11-8-7-9-12-30,31-13-17-33(50-5)18-14-31)32-15-19-34(51-6)20-16-32/h7-9,11-21,23,28-29,36-37H,10,24-27H2,1-6H3,(H2,45,46,49)/t36-,37+,39-,40+,41+,56?/m1/s1. The molecule has 4 aromatic rings. The highest BCUT2D eigenvalue weighted by atomic mass is 31.2. The molecule has 0 radical (unpaired) electrons. The Balaban J connectivity index is 1.41. The third-order valence-corrected chi connectivity index (χ3v) is 13.3.